The lowest BCUT2D eigenvalue weighted by molar-refractivity contribution is -0.0440. The molecule has 1 aromatic rings. The van der Waals surface area contributed by atoms with E-state index in [1.165, 1.54) is 16.4 Å². The molecule has 7 nitrogen and oxygen atoms in total. The molecule has 28 heavy (non-hydrogen) atoms. The van der Waals surface area contributed by atoms with Crippen molar-refractivity contribution in [1.82, 2.24) is 14.9 Å². The van der Waals surface area contributed by atoms with Crippen LogP contribution in [-0.2, 0) is 21.2 Å². The largest absolute Gasteiger partial charge is 0.373 e. The molecule has 2 unspecified atom stereocenters. The van der Waals surface area contributed by atoms with Crippen LogP contribution in [0.2, 0.25) is 0 Å². The van der Waals surface area contributed by atoms with Crippen LogP contribution in [-0.4, -0.2) is 69.9 Å². The quantitative estimate of drug-likeness (QED) is 0.319. The third-order valence-corrected chi connectivity index (χ3v) is 6.06. The zero-order valence-corrected chi connectivity index (χ0v) is 19.7. The first-order valence-corrected chi connectivity index (χ1v) is 10.7. The third kappa shape index (κ3) is 8.18. The van der Waals surface area contributed by atoms with Gasteiger partial charge in [-0.05, 0) is 38.0 Å². The molecule has 0 saturated carbocycles. The van der Waals surface area contributed by atoms with Crippen LogP contribution in [0.5, 0.6) is 0 Å². The van der Waals surface area contributed by atoms with Crippen molar-refractivity contribution < 1.29 is 17.5 Å². The van der Waals surface area contributed by atoms with Gasteiger partial charge in [0.15, 0.2) is 5.96 Å². The highest BCUT2D eigenvalue weighted by atomic mass is 127. The van der Waals surface area contributed by atoms with Crippen molar-refractivity contribution in [2.45, 2.75) is 32.5 Å². The average Bonchev–Trinajstić information content (AvgIpc) is 2.59. The zero-order valence-electron chi connectivity index (χ0n) is 16.5. The molecule has 10 heteroatoms. The minimum Gasteiger partial charge on any atom is -0.373 e. The summed E-state index contributed by atoms with van der Waals surface area (Å²) in [6, 6.07) is 6.44. The summed E-state index contributed by atoms with van der Waals surface area (Å²) in [5.74, 6) is 0.245. The Morgan fingerprint density at radius 3 is 2.50 bits per heavy atom. The molecular formula is C18H30FIN4O3S. The Labute approximate surface area is 184 Å². The van der Waals surface area contributed by atoms with Gasteiger partial charge in [-0.1, -0.05) is 12.1 Å². The van der Waals surface area contributed by atoms with Gasteiger partial charge >= 0.3 is 0 Å². The van der Waals surface area contributed by atoms with Crippen LogP contribution in [0.25, 0.3) is 0 Å². The van der Waals surface area contributed by atoms with E-state index in [0.717, 1.165) is 5.56 Å². The summed E-state index contributed by atoms with van der Waals surface area (Å²) in [5.41, 5.74) is 0.885. The standard InChI is InChI=1S/C18H29FN4O3S.HI/c1-14-12-23(13-15(2)26-14)27(24,25)10-9-22-18(20-3)21-8-7-16-5-4-6-17(19)11-16;/h4-6,11,14-15H,7-10,12-13H2,1-3H3,(H2,20,21,22);1H. The van der Waals surface area contributed by atoms with Gasteiger partial charge in [-0.2, -0.15) is 4.31 Å². The van der Waals surface area contributed by atoms with Crippen LogP contribution >= 0.6 is 24.0 Å². The Morgan fingerprint density at radius 2 is 1.89 bits per heavy atom. The van der Waals surface area contributed by atoms with Gasteiger partial charge in [0, 0.05) is 33.2 Å². The Kier molecular flexibility index (Phi) is 10.6. The van der Waals surface area contributed by atoms with Gasteiger partial charge in [-0.15, -0.1) is 24.0 Å². The van der Waals surface area contributed by atoms with E-state index >= 15 is 0 Å². The molecule has 2 atom stereocenters. The Balaban J connectivity index is 0.00000392. The fraction of sp³-hybridized carbons (Fsp3) is 0.611. The second kappa shape index (κ2) is 11.9. The molecule has 0 radical (unpaired) electrons. The maximum absolute atomic E-state index is 13.2. The Morgan fingerprint density at radius 1 is 1.25 bits per heavy atom. The smallest absolute Gasteiger partial charge is 0.216 e. The van der Waals surface area contributed by atoms with E-state index in [1.807, 2.05) is 19.9 Å². The van der Waals surface area contributed by atoms with Gasteiger partial charge in [0.25, 0.3) is 0 Å². The van der Waals surface area contributed by atoms with Gasteiger partial charge in [0.05, 0.1) is 18.0 Å². The highest BCUT2D eigenvalue weighted by Crippen LogP contribution is 2.14. The van der Waals surface area contributed by atoms with Crippen molar-refractivity contribution in [2.75, 3.05) is 39.0 Å². The summed E-state index contributed by atoms with van der Waals surface area (Å²) in [6.07, 6.45) is 0.433. The predicted molar refractivity (Wildman–Crippen MR) is 120 cm³/mol. The Bertz CT molecular complexity index is 738. The molecule has 0 bridgehead atoms. The van der Waals surface area contributed by atoms with Gasteiger partial charge in [-0.3, -0.25) is 4.99 Å². The molecular weight excluding hydrogens is 498 g/mol. The van der Waals surface area contributed by atoms with Crippen molar-refractivity contribution in [3.05, 3.63) is 35.6 Å². The molecule has 1 aliphatic rings. The first-order chi connectivity index (χ1) is 12.8. The molecule has 0 aliphatic carbocycles. The number of hydrogen-bond donors (Lipinski definition) is 2. The molecule has 0 aromatic heterocycles. The van der Waals surface area contributed by atoms with Gasteiger partial charge in [0.2, 0.25) is 10.0 Å². The SMILES string of the molecule is CN=C(NCCc1cccc(F)c1)NCCS(=O)(=O)N1CC(C)OC(C)C1.I. The number of benzene rings is 1. The number of sulfonamides is 1. The molecule has 1 aromatic carbocycles. The van der Waals surface area contributed by atoms with E-state index in [1.54, 1.807) is 13.1 Å². The fourth-order valence-electron chi connectivity index (χ4n) is 3.02. The van der Waals surface area contributed by atoms with Crippen molar-refractivity contribution in [3.8, 4) is 0 Å². The highest BCUT2D eigenvalue weighted by Gasteiger charge is 2.30. The number of nitrogens with zero attached hydrogens (tertiary/aromatic N) is 2. The molecule has 2 rings (SSSR count). The lowest BCUT2D eigenvalue weighted by atomic mass is 10.1. The topological polar surface area (TPSA) is 83.0 Å². The molecule has 1 saturated heterocycles. The van der Waals surface area contributed by atoms with Crippen LogP contribution in [0.15, 0.2) is 29.3 Å². The van der Waals surface area contributed by atoms with E-state index < -0.39 is 10.0 Å². The number of guanidine groups is 1. The molecule has 1 aliphatic heterocycles. The molecule has 0 amide bonds. The third-order valence-electron chi connectivity index (χ3n) is 4.25. The van der Waals surface area contributed by atoms with Crippen LogP contribution in [0.3, 0.4) is 0 Å². The number of ether oxygens (including phenoxy) is 1. The van der Waals surface area contributed by atoms with E-state index in [-0.39, 0.29) is 54.3 Å². The average molecular weight is 528 g/mol. The van der Waals surface area contributed by atoms with E-state index in [4.69, 9.17) is 4.74 Å². The summed E-state index contributed by atoms with van der Waals surface area (Å²) in [6.45, 7) is 5.33. The lowest BCUT2D eigenvalue weighted by Gasteiger charge is -2.34. The number of nitrogens with one attached hydrogen (secondary N) is 2. The van der Waals surface area contributed by atoms with Crippen molar-refractivity contribution in [3.63, 3.8) is 0 Å². The lowest BCUT2D eigenvalue weighted by Crippen LogP contribution is -2.50. The maximum Gasteiger partial charge on any atom is 0.216 e. The van der Waals surface area contributed by atoms with Crippen molar-refractivity contribution in [1.29, 1.82) is 0 Å². The minimum atomic E-state index is -3.35. The maximum atomic E-state index is 13.2. The number of halogens is 2. The van der Waals surface area contributed by atoms with Crippen LogP contribution in [0.1, 0.15) is 19.4 Å². The predicted octanol–water partition coefficient (Wildman–Crippen LogP) is 1.59. The fourth-order valence-corrected chi connectivity index (χ4v) is 4.52. The van der Waals surface area contributed by atoms with E-state index in [2.05, 4.69) is 15.6 Å². The molecule has 1 heterocycles. The van der Waals surface area contributed by atoms with Gasteiger partial charge in [-0.25, -0.2) is 12.8 Å². The second-order valence-electron chi connectivity index (χ2n) is 6.70. The van der Waals surface area contributed by atoms with Gasteiger partial charge < -0.3 is 15.4 Å². The summed E-state index contributed by atoms with van der Waals surface area (Å²) in [7, 11) is -1.73. The van der Waals surface area contributed by atoms with E-state index in [9.17, 15) is 12.8 Å². The first kappa shape index (κ1) is 25.1. The number of morpholine rings is 1. The van der Waals surface area contributed by atoms with Crippen LogP contribution in [0, 0.1) is 5.82 Å². The summed E-state index contributed by atoms with van der Waals surface area (Å²) >= 11 is 0. The molecule has 1 fully saturated rings. The highest BCUT2D eigenvalue weighted by molar-refractivity contribution is 14.0. The normalized spacial score (nSPS) is 21.1. The van der Waals surface area contributed by atoms with Crippen molar-refractivity contribution >= 4 is 40.0 Å². The number of aliphatic imine (C=N–C) groups is 1. The first-order valence-electron chi connectivity index (χ1n) is 9.12. The van der Waals surface area contributed by atoms with Crippen molar-refractivity contribution in [2.24, 2.45) is 4.99 Å². The molecule has 2 N–H and O–H groups in total. The summed E-state index contributed by atoms with van der Waals surface area (Å²) < 4.78 is 45.3. The number of rotatable bonds is 7. The zero-order chi connectivity index (χ0) is 19.9. The monoisotopic (exact) mass is 528 g/mol. The summed E-state index contributed by atoms with van der Waals surface area (Å²) in [5, 5.41) is 6.12. The summed E-state index contributed by atoms with van der Waals surface area (Å²) in [4.78, 5) is 4.08. The van der Waals surface area contributed by atoms with Crippen LogP contribution < -0.4 is 10.6 Å². The minimum absolute atomic E-state index is 0. The Hall–Kier alpha value is -0.980. The van der Waals surface area contributed by atoms with Crippen LogP contribution in [0.4, 0.5) is 4.39 Å². The molecule has 160 valence electrons. The second-order valence-corrected chi connectivity index (χ2v) is 8.78. The number of hydrogen-bond acceptors (Lipinski definition) is 4. The van der Waals surface area contributed by atoms with E-state index in [0.29, 0.717) is 32.0 Å². The molecule has 0 spiro atoms. The van der Waals surface area contributed by atoms with Gasteiger partial charge in [0.1, 0.15) is 5.82 Å².